The number of hydrogen-bond donors (Lipinski definition) is 1. The van der Waals surface area contributed by atoms with Crippen molar-refractivity contribution >= 4 is 39.4 Å². The van der Waals surface area contributed by atoms with Crippen LogP contribution in [0.2, 0.25) is 0 Å². The Bertz CT molecular complexity index is 1380. The van der Waals surface area contributed by atoms with Crippen molar-refractivity contribution in [2.24, 2.45) is 0 Å². The molecule has 0 aliphatic carbocycles. The van der Waals surface area contributed by atoms with Gasteiger partial charge in [-0.2, -0.15) is 0 Å². The van der Waals surface area contributed by atoms with Gasteiger partial charge in [-0.25, -0.2) is 13.3 Å². The topological polar surface area (TPSA) is 86.8 Å². The molecular formula is C27H29N3O4S. The third-order valence-electron chi connectivity index (χ3n) is 6.34. The molecule has 8 heteroatoms. The van der Waals surface area contributed by atoms with Gasteiger partial charge in [0.05, 0.1) is 21.8 Å². The van der Waals surface area contributed by atoms with Crippen molar-refractivity contribution in [3.8, 4) is 0 Å². The summed E-state index contributed by atoms with van der Waals surface area (Å²) in [5, 5.41) is 2.94. The summed E-state index contributed by atoms with van der Waals surface area (Å²) in [6.07, 6.45) is 2.88. The number of anilines is 3. The molecular weight excluding hydrogens is 462 g/mol. The van der Waals surface area contributed by atoms with Gasteiger partial charge in [0.1, 0.15) is 0 Å². The molecule has 7 nitrogen and oxygen atoms in total. The van der Waals surface area contributed by atoms with Crippen LogP contribution in [-0.4, -0.2) is 34.3 Å². The molecule has 0 aromatic heterocycles. The summed E-state index contributed by atoms with van der Waals surface area (Å²) in [7, 11) is -2.25. The van der Waals surface area contributed by atoms with E-state index >= 15 is 0 Å². The van der Waals surface area contributed by atoms with Crippen LogP contribution in [0.25, 0.3) is 0 Å². The lowest BCUT2D eigenvalue weighted by Crippen LogP contribution is -2.33. The third kappa shape index (κ3) is 4.66. The Morgan fingerprint density at radius 1 is 1.03 bits per heavy atom. The molecule has 1 N–H and O–H groups in total. The Morgan fingerprint density at radius 2 is 1.80 bits per heavy atom. The molecule has 2 amide bonds. The number of carbonyl (C=O) groups is 2. The Labute approximate surface area is 206 Å². The standard InChI is InChI=1S/C27H29N3O4S/c1-19-15-20(2)23-11-6-7-14-30(26(23)16-19)35(33,34)22-10-8-9-21(17-22)29(18-31)27(32)24-12-4-5-13-25(24)28-3/h4-5,8-10,12-13,15-18,28H,6-7,11,14H2,1-3H3. The number of imide groups is 1. The molecule has 4 rings (SSSR count). The highest BCUT2D eigenvalue weighted by Crippen LogP contribution is 2.35. The minimum atomic E-state index is -3.93. The molecule has 1 heterocycles. The van der Waals surface area contributed by atoms with Crippen molar-refractivity contribution in [3.05, 3.63) is 82.9 Å². The van der Waals surface area contributed by atoms with E-state index in [1.807, 2.05) is 19.9 Å². The Morgan fingerprint density at radius 3 is 2.54 bits per heavy atom. The van der Waals surface area contributed by atoms with Crippen molar-refractivity contribution in [1.29, 1.82) is 0 Å². The number of nitrogens with one attached hydrogen (secondary N) is 1. The highest BCUT2D eigenvalue weighted by atomic mass is 32.2. The summed E-state index contributed by atoms with van der Waals surface area (Å²) in [5.41, 5.74) is 4.89. The van der Waals surface area contributed by atoms with Crippen LogP contribution >= 0.6 is 0 Å². The number of benzene rings is 3. The second-order valence-corrected chi connectivity index (χ2v) is 10.5. The van der Waals surface area contributed by atoms with Gasteiger partial charge in [-0.15, -0.1) is 0 Å². The second-order valence-electron chi connectivity index (χ2n) is 8.69. The smallest absolute Gasteiger partial charge is 0.266 e. The van der Waals surface area contributed by atoms with Gasteiger partial charge >= 0.3 is 0 Å². The Kier molecular flexibility index (Phi) is 6.93. The molecule has 0 fully saturated rings. The third-order valence-corrected chi connectivity index (χ3v) is 8.14. The lowest BCUT2D eigenvalue weighted by molar-refractivity contribution is -0.106. The fraction of sp³-hybridized carbons (Fsp3) is 0.259. The number of hydrogen-bond acceptors (Lipinski definition) is 5. The largest absolute Gasteiger partial charge is 0.387 e. The second kappa shape index (κ2) is 9.92. The first-order valence-corrected chi connectivity index (χ1v) is 13.0. The zero-order valence-electron chi connectivity index (χ0n) is 20.1. The highest BCUT2D eigenvalue weighted by molar-refractivity contribution is 7.92. The lowest BCUT2D eigenvalue weighted by Gasteiger charge is -2.26. The van der Waals surface area contributed by atoms with E-state index in [4.69, 9.17) is 0 Å². The van der Waals surface area contributed by atoms with Gasteiger partial charge in [0, 0.05) is 19.3 Å². The van der Waals surface area contributed by atoms with Crippen LogP contribution in [0, 0.1) is 13.8 Å². The number of sulfonamides is 1. The van der Waals surface area contributed by atoms with Crippen LogP contribution < -0.4 is 14.5 Å². The summed E-state index contributed by atoms with van der Waals surface area (Å²) in [4.78, 5) is 26.2. The van der Waals surface area contributed by atoms with E-state index in [-0.39, 0.29) is 10.6 Å². The first-order valence-electron chi connectivity index (χ1n) is 11.6. The van der Waals surface area contributed by atoms with Gasteiger partial charge in [0.25, 0.3) is 15.9 Å². The van der Waals surface area contributed by atoms with E-state index in [1.54, 1.807) is 43.4 Å². The maximum atomic E-state index is 13.9. The minimum Gasteiger partial charge on any atom is -0.387 e. The molecule has 0 spiro atoms. The number of para-hydroxylation sites is 1. The van der Waals surface area contributed by atoms with Crippen molar-refractivity contribution in [1.82, 2.24) is 0 Å². The number of amides is 2. The van der Waals surface area contributed by atoms with Gasteiger partial charge in [0.15, 0.2) is 0 Å². The van der Waals surface area contributed by atoms with E-state index in [9.17, 15) is 18.0 Å². The van der Waals surface area contributed by atoms with Crippen molar-refractivity contribution in [2.75, 3.05) is 28.1 Å². The molecule has 3 aromatic carbocycles. The minimum absolute atomic E-state index is 0.0311. The van der Waals surface area contributed by atoms with Crippen LogP contribution in [0.1, 0.15) is 39.9 Å². The van der Waals surface area contributed by atoms with Gasteiger partial charge in [-0.3, -0.25) is 13.9 Å². The number of carbonyl (C=O) groups excluding carboxylic acids is 2. The fourth-order valence-corrected chi connectivity index (χ4v) is 6.18. The molecule has 0 bridgehead atoms. The predicted octanol–water partition coefficient (Wildman–Crippen LogP) is 4.68. The van der Waals surface area contributed by atoms with E-state index in [1.165, 1.54) is 16.4 Å². The highest BCUT2D eigenvalue weighted by Gasteiger charge is 2.30. The molecule has 1 aliphatic heterocycles. The van der Waals surface area contributed by atoms with Crippen molar-refractivity contribution in [3.63, 3.8) is 0 Å². The average Bonchev–Trinajstić information content (AvgIpc) is 3.08. The van der Waals surface area contributed by atoms with Crippen molar-refractivity contribution in [2.45, 2.75) is 38.0 Å². The summed E-state index contributed by atoms with van der Waals surface area (Å²) >= 11 is 0. The van der Waals surface area contributed by atoms with E-state index in [0.29, 0.717) is 29.9 Å². The molecule has 35 heavy (non-hydrogen) atoms. The average molecular weight is 492 g/mol. The van der Waals surface area contributed by atoms with Gasteiger partial charge in [0.2, 0.25) is 6.41 Å². The van der Waals surface area contributed by atoms with Crippen LogP contribution in [0.15, 0.2) is 65.6 Å². The van der Waals surface area contributed by atoms with Gasteiger partial charge in [-0.1, -0.05) is 24.3 Å². The van der Waals surface area contributed by atoms with E-state index < -0.39 is 15.9 Å². The van der Waals surface area contributed by atoms with E-state index in [2.05, 4.69) is 11.4 Å². The summed E-state index contributed by atoms with van der Waals surface area (Å²) in [6, 6.07) is 16.8. The summed E-state index contributed by atoms with van der Waals surface area (Å²) < 4.78 is 29.2. The maximum Gasteiger partial charge on any atom is 0.266 e. The molecule has 0 atom stereocenters. The normalized spacial score (nSPS) is 13.5. The summed E-state index contributed by atoms with van der Waals surface area (Å²) in [5.74, 6) is -0.550. The molecule has 0 unspecified atom stereocenters. The number of fused-ring (bicyclic) bond motifs is 1. The number of rotatable bonds is 6. The molecule has 0 saturated heterocycles. The van der Waals surface area contributed by atoms with Gasteiger partial charge in [-0.05, 0) is 86.2 Å². The molecule has 182 valence electrons. The van der Waals surface area contributed by atoms with E-state index in [0.717, 1.165) is 40.9 Å². The van der Waals surface area contributed by atoms with Crippen LogP contribution in [0.3, 0.4) is 0 Å². The first-order chi connectivity index (χ1) is 16.8. The lowest BCUT2D eigenvalue weighted by atomic mass is 10.00. The zero-order valence-corrected chi connectivity index (χ0v) is 20.9. The number of aryl methyl sites for hydroxylation is 2. The van der Waals surface area contributed by atoms with Crippen LogP contribution in [0.4, 0.5) is 17.1 Å². The SMILES string of the molecule is CNc1ccccc1C(=O)N(C=O)c1cccc(S(=O)(=O)N2CCCCc3c(C)cc(C)cc32)c1. The molecule has 3 aromatic rings. The van der Waals surface area contributed by atoms with Crippen molar-refractivity contribution < 1.29 is 18.0 Å². The monoisotopic (exact) mass is 491 g/mol. The fourth-order valence-electron chi connectivity index (χ4n) is 4.61. The molecule has 0 saturated carbocycles. The molecule has 0 radical (unpaired) electrons. The van der Waals surface area contributed by atoms with Gasteiger partial charge < -0.3 is 5.32 Å². The maximum absolute atomic E-state index is 13.9. The number of nitrogens with zero attached hydrogens (tertiary/aromatic N) is 2. The first kappa shape index (κ1) is 24.5. The Hall–Kier alpha value is -3.65. The predicted molar refractivity (Wildman–Crippen MR) is 139 cm³/mol. The quantitative estimate of drug-likeness (QED) is 0.506. The molecule has 1 aliphatic rings. The summed E-state index contributed by atoms with van der Waals surface area (Å²) in [6.45, 7) is 4.34. The Balaban J connectivity index is 1.76. The van der Waals surface area contributed by atoms with Crippen LogP contribution in [-0.2, 0) is 21.2 Å². The zero-order chi connectivity index (χ0) is 25.2. The van der Waals surface area contributed by atoms with Crippen LogP contribution in [0.5, 0.6) is 0 Å².